The summed E-state index contributed by atoms with van der Waals surface area (Å²) in [4.78, 5) is 49.2. The average Bonchev–Trinajstić information content (AvgIpc) is 2.79. The first-order chi connectivity index (χ1) is 14.8. The highest BCUT2D eigenvalue weighted by atomic mass is 31.0. The molecule has 0 aliphatic carbocycles. The maximum atomic E-state index is 12.6. The van der Waals surface area contributed by atoms with Crippen LogP contribution < -0.4 is 9.88 Å². The third-order valence-corrected chi connectivity index (χ3v) is 5.63. The van der Waals surface area contributed by atoms with Crippen molar-refractivity contribution in [3.63, 3.8) is 0 Å². The summed E-state index contributed by atoms with van der Waals surface area (Å²) in [5.74, 6) is -2.48. The first-order valence-corrected chi connectivity index (χ1v) is 10.4. The van der Waals surface area contributed by atoms with Crippen molar-refractivity contribution in [2.24, 2.45) is 0 Å². The van der Waals surface area contributed by atoms with Gasteiger partial charge in [0.15, 0.2) is 18.4 Å². The van der Waals surface area contributed by atoms with Crippen molar-refractivity contribution in [3.05, 3.63) is 30.1 Å². The number of nitrogens with zero attached hydrogens (tertiary/aromatic N) is 2. The molecular formula is C19H27N3O8P+. The van der Waals surface area contributed by atoms with E-state index < -0.39 is 42.2 Å². The highest BCUT2D eigenvalue weighted by Crippen LogP contribution is 2.25. The van der Waals surface area contributed by atoms with Gasteiger partial charge in [0.2, 0.25) is 0 Å². The second-order valence-electron chi connectivity index (χ2n) is 7.00. The van der Waals surface area contributed by atoms with Crippen molar-refractivity contribution >= 4 is 33.2 Å². The molecule has 11 nitrogen and oxygen atoms in total. The number of aliphatic hydroxyl groups is 1. The van der Waals surface area contributed by atoms with Gasteiger partial charge >= 0.3 is 18.0 Å². The lowest BCUT2D eigenvalue weighted by Crippen LogP contribution is -2.51. The summed E-state index contributed by atoms with van der Waals surface area (Å²) in [5, 5.41) is 20.2. The molecule has 1 aliphatic heterocycles. The van der Waals surface area contributed by atoms with Crippen LogP contribution in [0, 0.1) is 0 Å². The highest BCUT2D eigenvalue weighted by Gasteiger charge is 2.36. The zero-order valence-corrected chi connectivity index (χ0v) is 18.3. The normalized spacial score (nSPS) is 17.9. The number of carbonyl (C=O) groups excluding carboxylic acids is 3. The van der Waals surface area contributed by atoms with Gasteiger partial charge in [0.05, 0.1) is 25.4 Å². The van der Waals surface area contributed by atoms with Gasteiger partial charge in [-0.3, -0.25) is 9.59 Å². The number of ether oxygens (including phenoxy) is 2. The van der Waals surface area contributed by atoms with E-state index in [1.807, 2.05) is 0 Å². The predicted molar refractivity (Wildman–Crippen MR) is 109 cm³/mol. The molecule has 1 aromatic rings. The fraction of sp³-hybridized carbons (Fsp3) is 0.526. The molecular weight excluding hydrogens is 429 g/mol. The number of hydrogen-bond donors (Lipinski definition) is 3. The second kappa shape index (κ2) is 11.6. The van der Waals surface area contributed by atoms with Gasteiger partial charge in [-0.05, 0) is 25.3 Å². The number of piperidine rings is 1. The van der Waals surface area contributed by atoms with E-state index in [9.17, 15) is 19.2 Å². The molecule has 2 heterocycles. The van der Waals surface area contributed by atoms with Crippen LogP contribution in [0.15, 0.2) is 24.5 Å². The van der Waals surface area contributed by atoms with E-state index in [1.54, 1.807) is 6.20 Å². The first kappa shape index (κ1) is 24.5. The van der Waals surface area contributed by atoms with E-state index in [2.05, 4.69) is 14.6 Å². The van der Waals surface area contributed by atoms with Gasteiger partial charge in [-0.1, -0.05) is 0 Å². The van der Waals surface area contributed by atoms with Crippen LogP contribution in [0.5, 0.6) is 0 Å². The number of pyridine rings is 1. The van der Waals surface area contributed by atoms with E-state index >= 15 is 0 Å². The third-order valence-electron chi connectivity index (χ3n) is 4.92. The molecule has 0 aromatic carbocycles. The molecule has 3 N–H and O–H groups in total. The van der Waals surface area contributed by atoms with Gasteiger partial charge in [-0.15, -0.1) is 9.24 Å². The SMILES string of the molecule is COC(=O)[C@H](P)C1CCCCN1C(=O)OC[n+]1cccc(C(=O)N[C@@H](CO)C(=O)O)c1. The van der Waals surface area contributed by atoms with Crippen molar-refractivity contribution < 1.29 is 43.4 Å². The molecule has 2 rings (SSSR count). The van der Waals surface area contributed by atoms with E-state index in [1.165, 1.54) is 34.9 Å². The number of hydrogen-bond acceptors (Lipinski definition) is 7. The summed E-state index contributed by atoms with van der Waals surface area (Å²) in [6.45, 7) is -0.480. The average molecular weight is 456 g/mol. The molecule has 1 saturated heterocycles. The Morgan fingerprint density at radius 2 is 2.10 bits per heavy atom. The Labute approximate surface area is 181 Å². The molecule has 0 radical (unpaired) electrons. The highest BCUT2D eigenvalue weighted by molar-refractivity contribution is 7.19. The monoisotopic (exact) mass is 456 g/mol. The molecule has 4 atom stereocenters. The molecule has 1 aliphatic rings. The summed E-state index contributed by atoms with van der Waals surface area (Å²) in [6.07, 6.45) is 4.70. The Bertz CT molecular complexity index is 821. The van der Waals surface area contributed by atoms with Crippen LogP contribution in [-0.4, -0.2) is 77.1 Å². The molecule has 0 saturated carbocycles. The second-order valence-corrected chi connectivity index (χ2v) is 7.72. The third kappa shape index (κ3) is 6.60. The van der Waals surface area contributed by atoms with E-state index in [0.29, 0.717) is 13.0 Å². The van der Waals surface area contributed by atoms with Crippen molar-refractivity contribution in [2.45, 2.75) is 43.7 Å². The zero-order chi connectivity index (χ0) is 23.0. The molecule has 0 spiro atoms. The van der Waals surface area contributed by atoms with Crippen LogP contribution in [0.25, 0.3) is 0 Å². The van der Waals surface area contributed by atoms with Gasteiger partial charge in [0, 0.05) is 12.6 Å². The topological polar surface area (TPSA) is 146 Å². The Morgan fingerprint density at radius 1 is 1.35 bits per heavy atom. The summed E-state index contributed by atoms with van der Waals surface area (Å²) in [5.41, 5.74) is -0.434. The fourth-order valence-corrected chi connectivity index (χ4v) is 3.76. The van der Waals surface area contributed by atoms with Crippen molar-refractivity contribution in [1.29, 1.82) is 0 Å². The number of carboxylic acids is 1. The number of amides is 2. The molecule has 0 bridgehead atoms. The number of methoxy groups -OCH3 is 1. The molecule has 2 amide bonds. The number of nitrogens with one attached hydrogen (secondary N) is 1. The number of carbonyl (C=O) groups is 4. The van der Waals surface area contributed by atoms with Gasteiger partial charge in [-0.25, -0.2) is 9.59 Å². The van der Waals surface area contributed by atoms with Crippen LogP contribution in [0.2, 0.25) is 0 Å². The molecule has 170 valence electrons. The zero-order valence-electron chi connectivity index (χ0n) is 17.1. The number of aliphatic hydroxyl groups excluding tert-OH is 1. The van der Waals surface area contributed by atoms with E-state index in [4.69, 9.17) is 19.7 Å². The number of likely N-dealkylation sites (tertiary alicyclic amines) is 1. The van der Waals surface area contributed by atoms with Gasteiger partial charge in [0.25, 0.3) is 12.6 Å². The summed E-state index contributed by atoms with van der Waals surface area (Å²) in [6, 6.07) is 1.22. The van der Waals surface area contributed by atoms with Crippen LogP contribution in [0.1, 0.15) is 29.6 Å². The standard InChI is InChI=1S/C19H26N3O8P/c1-29-18(27)15(31)14-6-2-3-8-22(14)19(28)30-11-21-7-4-5-12(9-21)16(24)20-13(10-23)17(25)26/h4-5,7,9,13-15,23H,2-3,6,8,10-11,31H2,1H3,(H-,20,24,25,26)/p+1/t13-,14?,15+/m0/s1. The summed E-state index contributed by atoms with van der Waals surface area (Å²) < 4.78 is 11.6. The first-order valence-electron chi connectivity index (χ1n) is 9.69. The van der Waals surface area contributed by atoms with Gasteiger partial charge in [0.1, 0.15) is 5.56 Å². The minimum Gasteiger partial charge on any atom is -0.480 e. The van der Waals surface area contributed by atoms with Crippen molar-refractivity contribution in [3.8, 4) is 0 Å². The lowest BCUT2D eigenvalue weighted by molar-refractivity contribution is -0.727. The predicted octanol–water partition coefficient (Wildman–Crippen LogP) is -0.485. The Hall–Kier alpha value is -2.78. The van der Waals surface area contributed by atoms with Gasteiger partial charge in [-0.2, -0.15) is 4.57 Å². The largest absolute Gasteiger partial charge is 0.480 e. The van der Waals surface area contributed by atoms with Crippen molar-refractivity contribution in [2.75, 3.05) is 20.3 Å². The van der Waals surface area contributed by atoms with Crippen LogP contribution in [-0.2, 0) is 25.8 Å². The minimum atomic E-state index is -1.43. The maximum Gasteiger partial charge on any atom is 0.414 e. The number of carboxylic acid groups (broad SMARTS) is 1. The lowest BCUT2D eigenvalue weighted by atomic mass is 9.99. The summed E-state index contributed by atoms with van der Waals surface area (Å²) >= 11 is 0. The van der Waals surface area contributed by atoms with E-state index in [0.717, 1.165) is 12.8 Å². The van der Waals surface area contributed by atoms with E-state index in [-0.39, 0.29) is 18.3 Å². The number of aromatic nitrogens is 1. The Morgan fingerprint density at radius 3 is 2.74 bits per heavy atom. The lowest BCUT2D eigenvalue weighted by Gasteiger charge is -2.36. The molecule has 1 fully saturated rings. The van der Waals surface area contributed by atoms with Crippen molar-refractivity contribution in [1.82, 2.24) is 10.2 Å². The van der Waals surface area contributed by atoms with Crippen LogP contribution in [0.3, 0.4) is 0 Å². The molecule has 1 aromatic heterocycles. The minimum absolute atomic E-state index is 0.129. The van der Waals surface area contributed by atoms with Crippen LogP contribution in [0.4, 0.5) is 4.79 Å². The Balaban J connectivity index is 2.01. The number of esters is 1. The Kier molecular flexibility index (Phi) is 9.14. The quantitative estimate of drug-likeness (QED) is 0.270. The number of aliphatic carboxylic acids is 1. The molecule has 31 heavy (non-hydrogen) atoms. The molecule has 12 heteroatoms. The number of rotatable bonds is 8. The maximum absolute atomic E-state index is 12.6. The van der Waals surface area contributed by atoms with Gasteiger partial charge < -0.3 is 29.9 Å². The van der Waals surface area contributed by atoms with Crippen LogP contribution >= 0.6 is 9.24 Å². The fourth-order valence-electron chi connectivity index (χ4n) is 3.23. The smallest absolute Gasteiger partial charge is 0.414 e. The summed E-state index contributed by atoms with van der Waals surface area (Å²) in [7, 11) is 3.72. The molecule has 2 unspecified atom stereocenters.